The van der Waals surface area contributed by atoms with Crippen molar-refractivity contribution in [1.29, 1.82) is 5.26 Å². The summed E-state index contributed by atoms with van der Waals surface area (Å²) in [5, 5.41) is 12.1. The van der Waals surface area contributed by atoms with Crippen LogP contribution in [0.25, 0.3) is 0 Å². The van der Waals surface area contributed by atoms with Crippen molar-refractivity contribution in [2.45, 2.75) is 51.2 Å². The first kappa shape index (κ1) is 15.0. The van der Waals surface area contributed by atoms with E-state index in [2.05, 4.69) is 11.4 Å². The number of hydrogen-bond acceptors (Lipinski definition) is 3. The molecule has 0 spiro atoms. The standard InChI is InChI=1S/C17H24N2O/c18-13-15-7-9-16(10-8-15)14-19-11-4-12-20-17-5-2-1-3-6-17/h7-10,17,19H,1-6,11-12,14H2. The molecule has 0 aromatic heterocycles. The van der Waals surface area contributed by atoms with Crippen LogP contribution in [0.4, 0.5) is 0 Å². The molecule has 0 amide bonds. The van der Waals surface area contributed by atoms with Gasteiger partial charge in [0.05, 0.1) is 17.7 Å². The van der Waals surface area contributed by atoms with Gasteiger partial charge in [0.25, 0.3) is 0 Å². The van der Waals surface area contributed by atoms with E-state index >= 15 is 0 Å². The van der Waals surface area contributed by atoms with Gasteiger partial charge < -0.3 is 10.1 Å². The summed E-state index contributed by atoms with van der Waals surface area (Å²) in [4.78, 5) is 0. The molecule has 3 heteroatoms. The number of ether oxygens (including phenoxy) is 1. The molecule has 108 valence electrons. The van der Waals surface area contributed by atoms with Gasteiger partial charge in [0.1, 0.15) is 0 Å². The van der Waals surface area contributed by atoms with Crippen molar-refractivity contribution < 1.29 is 4.74 Å². The monoisotopic (exact) mass is 272 g/mol. The summed E-state index contributed by atoms with van der Waals surface area (Å²) >= 11 is 0. The van der Waals surface area contributed by atoms with Gasteiger partial charge in [-0.25, -0.2) is 0 Å². The number of hydrogen-bond donors (Lipinski definition) is 1. The number of nitrogens with one attached hydrogen (secondary N) is 1. The van der Waals surface area contributed by atoms with E-state index in [0.717, 1.165) is 31.7 Å². The van der Waals surface area contributed by atoms with Gasteiger partial charge in [0.2, 0.25) is 0 Å². The van der Waals surface area contributed by atoms with Crippen LogP contribution in [-0.4, -0.2) is 19.3 Å². The lowest BCUT2D eigenvalue weighted by Crippen LogP contribution is -2.20. The Bertz CT molecular complexity index is 416. The zero-order valence-corrected chi connectivity index (χ0v) is 12.1. The molecule has 1 aliphatic rings. The first-order valence-electron chi connectivity index (χ1n) is 7.70. The minimum atomic E-state index is 0.516. The van der Waals surface area contributed by atoms with Gasteiger partial charge in [-0.15, -0.1) is 0 Å². The molecule has 0 unspecified atom stereocenters. The third-order valence-electron chi connectivity index (χ3n) is 3.82. The van der Waals surface area contributed by atoms with Gasteiger partial charge in [-0.2, -0.15) is 5.26 Å². The Balaban J connectivity index is 1.51. The van der Waals surface area contributed by atoms with Gasteiger partial charge in [-0.1, -0.05) is 31.4 Å². The fraction of sp³-hybridized carbons (Fsp3) is 0.588. The number of nitriles is 1. The third-order valence-corrected chi connectivity index (χ3v) is 3.82. The van der Waals surface area contributed by atoms with Crippen molar-refractivity contribution in [3.8, 4) is 6.07 Å². The highest BCUT2D eigenvalue weighted by Gasteiger charge is 2.12. The summed E-state index contributed by atoms with van der Waals surface area (Å²) in [7, 11) is 0. The minimum Gasteiger partial charge on any atom is -0.378 e. The molecule has 1 saturated carbocycles. The van der Waals surface area contributed by atoms with E-state index in [1.54, 1.807) is 0 Å². The molecule has 20 heavy (non-hydrogen) atoms. The quantitative estimate of drug-likeness (QED) is 0.774. The Labute approximate surface area is 121 Å². The largest absolute Gasteiger partial charge is 0.378 e. The van der Waals surface area contributed by atoms with E-state index < -0.39 is 0 Å². The fourth-order valence-corrected chi connectivity index (χ4v) is 2.61. The Hall–Kier alpha value is -1.37. The van der Waals surface area contributed by atoms with Crippen molar-refractivity contribution in [3.63, 3.8) is 0 Å². The first-order chi connectivity index (χ1) is 9.88. The van der Waals surface area contributed by atoms with E-state index in [4.69, 9.17) is 10.00 Å². The van der Waals surface area contributed by atoms with Crippen LogP contribution in [0.5, 0.6) is 0 Å². The summed E-state index contributed by atoms with van der Waals surface area (Å²) in [6.45, 7) is 2.70. The Kier molecular flexibility index (Phi) is 6.56. The molecule has 0 saturated heterocycles. The average molecular weight is 272 g/mol. The van der Waals surface area contributed by atoms with Crippen LogP contribution in [0.3, 0.4) is 0 Å². The van der Waals surface area contributed by atoms with Crippen LogP contribution in [-0.2, 0) is 11.3 Å². The zero-order chi connectivity index (χ0) is 14.0. The average Bonchev–Trinajstić information content (AvgIpc) is 2.52. The van der Waals surface area contributed by atoms with Crippen LogP contribution in [0.15, 0.2) is 24.3 Å². The van der Waals surface area contributed by atoms with Crippen LogP contribution in [0.2, 0.25) is 0 Å². The predicted octanol–water partition coefficient (Wildman–Crippen LogP) is 3.39. The molecule has 1 fully saturated rings. The lowest BCUT2D eigenvalue weighted by Gasteiger charge is -2.21. The summed E-state index contributed by atoms with van der Waals surface area (Å²) < 4.78 is 5.89. The molecule has 1 aromatic carbocycles. The van der Waals surface area contributed by atoms with Crippen molar-refractivity contribution in [2.24, 2.45) is 0 Å². The smallest absolute Gasteiger partial charge is 0.0991 e. The zero-order valence-electron chi connectivity index (χ0n) is 12.1. The van der Waals surface area contributed by atoms with Gasteiger partial charge in [-0.05, 0) is 43.5 Å². The third kappa shape index (κ3) is 5.32. The highest BCUT2D eigenvalue weighted by Crippen LogP contribution is 2.20. The molecule has 2 rings (SSSR count). The van der Waals surface area contributed by atoms with Crippen LogP contribution in [0, 0.1) is 11.3 Å². The van der Waals surface area contributed by atoms with Crippen molar-refractivity contribution in [2.75, 3.05) is 13.2 Å². The second kappa shape index (κ2) is 8.73. The first-order valence-corrected chi connectivity index (χ1v) is 7.70. The lowest BCUT2D eigenvalue weighted by molar-refractivity contribution is 0.0273. The number of nitrogens with zero attached hydrogens (tertiary/aromatic N) is 1. The van der Waals surface area contributed by atoms with Gasteiger partial charge in [-0.3, -0.25) is 0 Å². The molecule has 3 nitrogen and oxygen atoms in total. The van der Waals surface area contributed by atoms with E-state index in [-0.39, 0.29) is 0 Å². The molecule has 0 aliphatic heterocycles. The molecule has 1 N–H and O–H groups in total. The second-order valence-corrected chi connectivity index (χ2v) is 5.47. The van der Waals surface area contributed by atoms with E-state index in [0.29, 0.717) is 6.10 Å². The van der Waals surface area contributed by atoms with Gasteiger partial charge in [0, 0.05) is 13.2 Å². The Morgan fingerprint density at radius 1 is 1.15 bits per heavy atom. The van der Waals surface area contributed by atoms with E-state index in [9.17, 15) is 0 Å². The fourth-order valence-electron chi connectivity index (χ4n) is 2.61. The molecule has 1 aromatic rings. The maximum atomic E-state index is 8.73. The molecule has 0 bridgehead atoms. The second-order valence-electron chi connectivity index (χ2n) is 5.47. The highest BCUT2D eigenvalue weighted by molar-refractivity contribution is 5.31. The Morgan fingerprint density at radius 3 is 2.60 bits per heavy atom. The minimum absolute atomic E-state index is 0.516. The maximum absolute atomic E-state index is 8.73. The predicted molar refractivity (Wildman–Crippen MR) is 80.3 cm³/mol. The highest BCUT2D eigenvalue weighted by atomic mass is 16.5. The normalized spacial score (nSPS) is 15.9. The number of benzene rings is 1. The summed E-state index contributed by atoms with van der Waals surface area (Å²) in [6, 6.07) is 9.87. The topological polar surface area (TPSA) is 45.0 Å². The summed E-state index contributed by atoms with van der Waals surface area (Å²) in [6.07, 6.45) is 8.13. The Morgan fingerprint density at radius 2 is 1.90 bits per heavy atom. The SMILES string of the molecule is N#Cc1ccc(CNCCCOC2CCCCC2)cc1. The van der Waals surface area contributed by atoms with Crippen molar-refractivity contribution >= 4 is 0 Å². The van der Waals surface area contributed by atoms with Gasteiger partial charge >= 0.3 is 0 Å². The van der Waals surface area contributed by atoms with E-state index in [1.165, 1.54) is 37.7 Å². The lowest BCUT2D eigenvalue weighted by atomic mass is 9.98. The van der Waals surface area contributed by atoms with Crippen LogP contribution < -0.4 is 5.32 Å². The van der Waals surface area contributed by atoms with Crippen LogP contribution in [0.1, 0.15) is 49.7 Å². The molecule has 1 aliphatic carbocycles. The van der Waals surface area contributed by atoms with Crippen LogP contribution >= 0.6 is 0 Å². The molecule has 0 heterocycles. The summed E-state index contributed by atoms with van der Waals surface area (Å²) in [5.74, 6) is 0. The molecule has 0 radical (unpaired) electrons. The van der Waals surface area contributed by atoms with Crippen molar-refractivity contribution in [1.82, 2.24) is 5.32 Å². The van der Waals surface area contributed by atoms with E-state index in [1.807, 2.05) is 24.3 Å². The maximum Gasteiger partial charge on any atom is 0.0991 e. The number of rotatable bonds is 7. The molecule has 0 atom stereocenters. The molecular formula is C17H24N2O. The van der Waals surface area contributed by atoms with Crippen molar-refractivity contribution in [3.05, 3.63) is 35.4 Å². The summed E-state index contributed by atoms with van der Waals surface area (Å²) in [5.41, 5.74) is 1.94. The molecular weight excluding hydrogens is 248 g/mol. The van der Waals surface area contributed by atoms with Gasteiger partial charge in [0.15, 0.2) is 0 Å².